The number of hydrogen-bond acceptors (Lipinski definition) is 6. The second kappa shape index (κ2) is 13.3. The van der Waals surface area contributed by atoms with Crippen LogP contribution in [-0.4, -0.2) is 37.1 Å². The van der Waals surface area contributed by atoms with E-state index < -0.39 is 11.8 Å². The van der Waals surface area contributed by atoms with Crippen molar-refractivity contribution >= 4 is 58.5 Å². The van der Waals surface area contributed by atoms with Gasteiger partial charge in [0.05, 0.1) is 12.8 Å². The lowest BCUT2D eigenvalue weighted by atomic mass is 10.2. The number of hydrogen-bond donors (Lipinski definition) is 3. The zero-order chi connectivity index (χ0) is 26.8. The van der Waals surface area contributed by atoms with E-state index in [0.717, 1.165) is 5.56 Å². The predicted molar refractivity (Wildman–Crippen MR) is 144 cm³/mol. The van der Waals surface area contributed by atoms with E-state index >= 15 is 0 Å². The lowest BCUT2D eigenvalue weighted by Gasteiger charge is -2.10. The molecule has 0 spiro atoms. The van der Waals surface area contributed by atoms with Crippen LogP contribution in [0.4, 0.5) is 11.4 Å². The number of carbonyl (C=O) groups is 3. The maximum atomic E-state index is 12.3. The Morgan fingerprint density at radius 3 is 2.32 bits per heavy atom. The first-order valence-corrected chi connectivity index (χ1v) is 11.9. The number of nitrogens with one attached hydrogen (secondary N) is 3. The number of nitrogens with zero attached hydrogens (tertiary/aromatic N) is 1. The molecule has 0 unspecified atom stereocenters. The smallest absolute Gasteiger partial charge is 0.329 e. The van der Waals surface area contributed by atoms with Crippen LogP contribution in [0.15, 0.2) is 65.8 Å². The Labute approximate surface area is 223 Å². The highest BCUT2D eigenvalue weighted by atomic mass is 35.5. The second-order valence-electron chi connectivity index (χ2n) is 7.59. The number of ether oxygens (including phenoxy) is 2. The molecule has 3 amide bonds. The molecule has 0 radical (unpaired) electrons. The van der Waals surface area contributed by atoms with E-state index in [2.05, 4.69) is 21.2 Å². The highest BCUT2D eigenvalue weighted by molar-refractivity contribution is 6.40. The number of aryl methyl sites for hydroxylation is 1. The first-order chi connectivity index (χ1) is 17.7. The molecular weight excluding hydrogens is 519 g/mol. The Morgan fingerprint density at radius 2 is 1.62 bits per heavy atom. The maximum absolute atomic E-state index is 12.3. The average Bonchev–Trinajstić information content (AvgIpc) is 2.87. The summed E-state index contributed by atoms with van der Waals surface area (Å²) in [6, 6.07) is 16.5. The molecule has 37 heavy (non-hydrogen) atoms. The SMILES string of the molecule is CCOc1ccc(NC(=O)COc2ccc(Cl)cc2/C=N\NC(=O)C(=O)Nc2ccc(C)c(Cl)c2)cc1. The Balaban J connectivity index is 1.55. The summed E-state index contributed by atoms with van der Waals surface area (Å²) in [6.45, 7) is 3.96. The number of hydrazone groups is 1. The molecule has 0 saturated carbocycles. The van der Waals surface area contributed by atoms with Crippen molar-refractivity contribution in [2.75, 3.05) is 23.8 Å². The summed E-state index contributed by atoms with van der Waals surface area (Å²) in [5.74, 6) is -1.31. The molecule has 3 aromatic carbocycles. The van der Waals surface area contributed by atoms with Gasteiger partial charge in [-0.05, 0) is 74.0 Å². The third-order valence-corrected chi connectivity index (χ3v) is 5.43. The Morgan fingerprint density at radius 1 is 0.892 bits per heavy atom. The van der Waals surface area contributed by atoms with E-state index in [1.807, 2.05) is 13.8 Å². The molecule has 0 atom stereocenters. The lowest BCUT2D eigenvalue weighted by molar-refractivity contribution is -0.136. The van der Waals surface area contributed by atoms with Crippen LogP contribution >= 0.6 is 23.2 Å². The quantitative estimate of drug-likeness (QED) is 0.204. The predicted octanol–water partition coefficient (Wildman–Crippen LogP) is 4.81. The molecule has 0 fully saturated rings. The zero-order valence-corrected chi connectivity index (χ0v) is 21.5. The first kappa shape index (κ1) is 27.5. The van der Waals surface area contributed by atoms with Crippen LogP contribution in [-0.2, 0) is 14.4 Å². The third-order valence-electron chi connectivity index (χ3n) is 4.79. The summed E-state index contributed by atoms with van der Waals surface area (Å²) >= 11 is 12.1. The van der Waals surface area contributed by atoms with Crippen LogP contribution in [0, 0.1) is 6.92 Å². The normalized spacial score (nSPS) is 10.6. The van der Waals surface area contributed by atoms with E-state index in [1.54, 1.807) is 48.5 Å². The molecular formula is C26H24Cl2N4O5. The van der Waals surface area contributed by atoms with E-state index in [9.17, 15) is 14.4 Å². The second-order valence-corrected chi connectivity index (χ2v) is 8.44. The van der Waals surface area contributed by atoms with Crippen molar-refractivity contribution in [2.24, 2.45) is 5.10 Å². The Kier molecular flexibility index (Phi) is 9.88. The molecule has 0 bridgehead atoms. The van der Waals surface area contributed by atoms with Gasteiger partial charge in [0, 0.05) is 27.0 Å². The first-order valence-electron chi connectivity index (χ1n) is 11.1. The van der Waals surface area contributed by atoms with Gasteiger partial charge in [-0.25, -0.2) is 5.43 Å². The molecule has 9 nitrogen and oxygen atoms in total. The molecule has 192 valence electrons. The van der Waals surface area contributed by atoms with Crippen LogP contribution in [0.5, 0.6) is 11.5 Å². The fraction of sp³-hybridized carbons (Fsp3) is 0.154. The molecule has 0 saturated heterocycles. The van der Waals surface area contributed by atoms with Crippen molar-refractivity contribution < 1.29 is 23.9 Å². The van der Waals surface area contributed by atoms with Gasteiger partial charge in [-0.15, -0.1) is 0 Å². The van der Waals surface area contributed by atoms with Crippen molar-refractivity contribution in [1.29, 1.82) is 0 Å². The highest BCUT2D eigenvalue weighted by Gasteiger charge is 2.14. The summed E-state index contributed by atoms with van der Waals surface area (Å²) in [6.07, 6.45) is 1.25. The van der Waals surface area contributed by atoms with Gasteiger partial charge in [0.25, 0.3) is 5.91 Å². The fourth-order valence-corrected chi connectivity index (χ4v) is 3.32. The minimum absolute atomic E-state index is 0.288. The minimum atomic E-state index is -0.993. The van der Waals surface area contributed by atoms with Gasteiger partial charge >= 0.3 is 11.8 Å². The molecule has 0 aromatic heterocycles. The van der Waals surface area contributed by atoms with Crippen molar-refractivity contribution in [1.82, 2.24) is 5.43 Å². The molecule has 0 aliphatic heterocycles. The van der Waals surface area contributed by atoms with Gasteiger partial charge in [0.15, 0.2) is 6.61 Å². The van der Waals surface area contributed by atoms with Gasteiger partial charge in [-0.2, -0.15) is 5.10 Å². The van der Waals surface area contributed by atoms with Crippen molar-refractivity contribution in [2.45, 2.75) is 13.8 Å². The van der Waals surface area contributed by atoms with Crippen LogP contribution in [0.2, 0.25) is 10.0 Å². The maximum Gasteiger partial charge on any atom is 0.329 e. The van der Waals surface area contributed by atoms with E-state index in [0.29, 0.717) is 45.1 Å². The van der Waals surface area contributed by atoms with E-state index in [-0.39, 0.29) is 12.5 Å². The number of carbonyl (C=O) groups excluding carboxylic acids is 3. The van der Waals surface area contributed by atoms with Gasteiger partial charge in [-0.1, -0.05) is 29.3 Å². The van der Waals surface area contributed by atoms with E-state index in [1.165, 1.54) is 18.3 Å². The largest absolute Gasteiger partial charge is 0.494 e. The Bertz CT molecular complexity index is 1310. The molecule has 11 heteroatoms. The van der Waals surface area contributed by atoms with Gasteiger partial charge in [0.2, 0.25) is 0 Å². The van der Waals surface area contributed by atoms with Crippen molar-refractivity contribution in [3.05, 3.63) is 81.8 Å². The van der Waals surface area contributed by atoms with Crippen LogP contribution in [0.1, 0.15) is 18.1 Å². The number of anilines is 2. The summed E-state index contributed by atoms with van der Waals surface area (Å²) in [7, 11) is 0. The topological polar surface area (TPSA) is 118 Å². The molecule has 0 aliphatic rings. The van der Waals surface area contributed by atoms with Crippen molar-refractivity contribution in [3.8, 4) is 11.5 Å². The molecule has 3 aromatic rings. The number of benzene rings is 3. The van der Waals surface area contributed by atoms with E-state index in [4.69, 9.17) is 32.7 Å². The van der Waals surface area contributed by atoms with Gasteiger partial charge in [0.1, 0.15) is 11.5 Å². The molecule has 0 aliphatic carbocycles. The van der Waals surface area contributed by atoms with Crippen LogP contribution < -0.4 is 25.5 Å². The highest BCUT2D eigenvalue weighted by Crippen LogP contribution is 2.22. The monoisotopic (exact) mass is 542 g/mol. The third kappa shape index (κ3) is 8.52. The minimum Gasteiger partial charge on any atom is -0.494 e. The van der Waals surface area contributed by atoms with Crippen LogP contribution in [0.25, 0.3) is 0 Å². The summed E-state index contributed by atoms with van der Waals surface area (Å²) in [5.41, 5.74) is 4.31. The number of rotatable bonds is 9. The molecule has 3 N–H and O–H groups in total. The van der Waals surface area contributed by atoms with Gasteiger partial charge in [-0.3, -0.25) is 14.4 Å². The summed E-state index contributed by atoms with van der Waals surface area (Å²) in [5, 5.41) is 9.79. The Hall–Kier alpha value is -4.08. The zero-order valence-electron chi connectivity index (χ0n) is 20.0. The summed E-state index contributed by atoms with van der Waals surface area (Å²) < 4.78 is 11.0. The lowest BCUT2D eigenvalue weighted by Crippen LogP contribution is -2.32. The number of halogens is 2. The fourth-order valence-electron chi connectivity index (χ4n) is 2.96. The molecule has 3 rings (SSSR count). The standard InChI is InChI=1S/C26H24Cl2N4O5/c1-3-36-21-9-7-19(8-10-21)30-24(33)15-37-23-11-5-18(27)12-17(23)14-29-32-26(35)25(34)31-20-6-4-16(2)22(28)13-20/h4-14H,3,15H2,1-2H3,(H,30,33)(H,31,34)(H,32,35)/b29-14-. The number of amides is 3. The van der Waals surface area contributed by atoms with Crippen LogP contribution in [0.3, 0.4) is 0 Å². The average molecular weight is 543 g/mol. The summed E-state index contributed by atoms with van der Waals surface area (Å²) in [4.78, 5) is 36.5. The van der Waals surface area contributed by atoms with Crippen molar-refractivity contribution in [3.63, 3.8) is 0 Å². The molecule has 0 heterocycles. The van der Waals surface area contributed by atoms with Gasteiger partial charge < -0.3 is 20.1 Å².